The summed E-state index contributed by atoms with van der Waals surface area (Å²) in [6.45, 7) is 2.25. The Balaban J connectivity index is 1.72. The van der Waals surface area contributed by atoms with Crippen molar-refractivity contribution in [3.63, 3.8) is 0 Å². The molecule has 0 aromatic heterocycles. The van der Waals surface area contributed by atoms with E-state index in [4.69, 9.17) is 9.47 Å². The quantitative estimate of drug-likeness (QED) is 0.493. The molecule has 1 aliphatic rings. The molecule has 0 radical (unpaired) electrons. The largest absolute Gasteiger partial charge is 0.495 e. The second-order valence-corrected chi connectivity index (χ2v) is 9.92. The van der Waals surface area contributed by atoms with Crippen LogP contribution in [-0.4, -0.2) is 56.9 Å². The van der Waals surface area contributed by atoms with E-state index in [0.717, 1.165) is 11.1 Å². The standard InChI is InChI=1S/C26H28N2O5S/c1-32-24-13-12-23(26(29)27-14-16-33-17-15-27)18-25(24)34(30,31)28(19-21-8-4-2-5-9-21)20-22-10-6-3-7-11-22/h2-13,18H,14-17,19-20H2,1H3. The molecular formula is C26H28N2O5S. The molecule has 1 amide bonds. The molecule has 1 saturated heterocycles. The molecular weight excluding hydrogens is 452 g/mol. The Labute approximate surface area is 200 Å². The van der Waals surface area contributed by atoms with E-state index in [0.29, 0.717) is 31.9 Å². The van der Waals surface area contributed by atoms with Gasteiger partial charge in [-0.1, -0.05) is 60.7 Å². The van der Waals surface area contributed by atoms with Crippen LogP contribution in [0.1, 0.15) is 21.5 Å². The lowest BCUT2D eigenvalue weighted by Gasteiger charge is -2.27. The fourth-order valence-electron chi connectivity index (χ4n) is 3.90. The zero-order valence-corrected chi connectivity index (χ0v) is 19.9. The third kappa shape index (κ3) is 5.47. The van der Waals surface area contributed by atoms with Crippen LogP contribution in [0.2, 0.25) is 0 Å². The van der Waals surface area contributed by atoms with Crippen LogP contribution in [0.4, 0.5) is 0 Å². The molecule has 1 fully saturated rings. The van der Waals surface area contributed by atoms with Gasteiger partial charge < -0.3 is 14.4 Å². The summed E-state index contributed by atoms with van der Waals surface area (Å²) in [7, 11) is -2.59. The third-order valence-electron chi connectivity index (χ3n) is 5.73. The first-order valence-corrected chi connectivity index (χ1v) is 12.6. The van der Waals surface area contributed by atoms with E-state index in [1.54, 1.807) is 17.0 Å². The van der Waals surface area contributed by atoms with Crippen LogP contribution < -0.4 is 4.74 Å². The molecule has 7 nitrogen and oxygen atoms in total. The summed E-state index contributed by atoms with van der Waals surface area (Å²) < 4.78 is 40.1. The highest BCUT2D eigenvalue weighted by molar-refractivity contribution is 7.89. The predicted octanol–water partition coefficient (Wildman–Crippen LogP) is 3.56. The Morgan fingerprint density at radius 1 is 0.912 bits per heavy atom. The molecule has 1 heterocycles. The van der Waals surface area contributed by atoms with Crippen molar-refractivity contribution in [3.8, 4) is 5.75 Å². The molecule has 0 unspecified atom stereocenters. The lowest BCUT2D eigenvalue weighted by atomic mass is 10.2. The smallest absolute Gasteiger partial charge is 0.254 e. The van der Waals surface area contributed by atoms with Gasteiger partial charge >= 0.3 is 0 Å². The molecule has 0 spiro atoms. The Bertz CT molecular complexity index is 1170. The Kier molecular flexibility index (Phi) is 7.62. The normalized spacial score (nSPS) is 14.2. The highest BCUT2D eigenvalue weighted by atomic mass is 32.2. The van der Waals surface area contributed by atoms with Crippen molar-refractivity contribution in [2.45, 2.75) is 18.0 Å². The fraction of sp³-hybridized carbons (Fsp3) is 0.269. The summed E-state index contributed by atoms with van der Waals surface area (Å²) in [5, 5.41) is 0. The zero-order chi connectivity index (χ0) is 24.0. The summed E-state index contributed by atoms with van der Waals surface area (Å²) in [5.74, 6) is -0.0234. The van der Waals surface area contributed by atoms with Crippen molar-refractivity contribution >= 4 is 15.9 Å². The summed E-state index contributed by atoms with van der Waals surface area (Å²) >= 11 is 0. The maximum absolute atomic E-state index is 14.0. The lowest BCUT2D eigenvalue weighted by Crippen LogP contribution is -2.40. The molecule has 0 saturated carbocycles. The predicted molar refractivity (Wildman–Crippen MR) is 129 cm³/mol. The van der Waals surface area contributed by atoms with Gasteiger partial charge in [0.25, 0.3) is 5.91 Å². The first kappa shape index (κ1) is 23.9. The van der Waals surface area contributed by atoms with E-state index in [1.807, 2.05) is 60.7 Å². The van der Waals surface area contributed by atoms with Crippen molar-refractivity contribution in [1.82, 2.24) is 9.21 Å². The van der Waals surface area contributed by atoms with Gasteiger partial charge in [-0.05, 0) is 29.3 Å². The van der Waals surface area contributed by atoms with Crippen LogP contribution in [0.5, 0.6) is 5.75 Å². The number of carbonyl (C=O) groups excluding carboxylic acids is 1. The number of methoxy groups -OCH3 is 1. The van der Waals surface area contributed by atoms with E-state index in [2.05, 4.69) is 0 Å². The number of hydrogen-bond donors (Lipinski definition) is 0. The average Bonchev–Trinajstić information content (AvgIpc) is 2.89. The Morgan fingerprint density at radius 3 is 2.00 bits per heavy atom. The molecule has 3 aromatic rings. The summed E-state index contributed by atoms with van der Waals surface area (Å²) in [6, 6.07) is 23.4. The number of hydrogen-bond acceptors (Lipinski definition) is 5. The van der Waals surface area contributed by atoms with Gasteiger partial charge in [0.05, 0.1) is 20.3 Å². The molecule has 0 bridgehead atoms. The number of sulfonamides is 1. The second-order valence-electron chi connectivity index (χ2n) is 8.01. The number of morpholine rings is 1. The van der Waals surface area contributed by atoms with Crippen molar-refractivity contribution < 1.29 is 22.7 Å². The van der Waals surface area contributed by atoms with E-state index >= 15 is 0 Å². The summed E-state index contributed by atoms with van der Waals surface area (Å²) in [6.07, 6.45) is 0. The highest BCUT2D eigenvalue weighted by Crippen LogP contribution is 2.30. The molecule has 34 heavy (non-hydrogen) atoms. The minimum atomic E-state index is -4.01. The van der Waals surface area contributed by atoms with Gasteiger partial charge in [-0.15, -0.1) is 0 Å². The lowest BCUT2D eigenvalue weighted by molar-refractivity contribution is 0.0302. The van der Waals surface area contributed by atoms with Gasteiger partial charge in [0, 0.05) is 31.7 Å². The minimum absolute atomic E-state index is 0.0269. The maximum atomic E-state index is 14.0. The summed E-state index contributed by atoms with van der Waals surface area (Å²) in [5.41, 5.74) is 2.03. The highest BCUT2D eigenvalue weighted by Gasteiger charge is 2.30. The summed E-state index contributed by atoms with van der Waals surface area (Å²) in [4.78, 5) is 14.7. The topological polar surface area (TPSA) is 76.1 Å². The van der Waals surface area contributed by atoms with Gasteiger partial charge in [0.1, 0.15) is 10.6 Å². The second kappa shape index (κ2) is 10.8. The zero-order valence-electron chi connectivity index (χ0n) is 19.1. The molecule has 4 rings (SSSR count). The average molecular weight is 481 g/mol. The van der Waals surface area contributed by atoms with Crippen molar-refractivity contribution in [2.75, 3.05) is 33.4 Å². The first-order valence-electron chi connectivity index (χ1n) is 11.1. The SMILES string of the molecule is COc1ccc(C(=O)N2CCOCC2)cc1S(=O)(=O)N(Cc1ccccc1)Cc1ccccc1. The number of ether oxygens (including phenoxy) is 2. The minimum Gasteiger partial charge on any atom is -0.495 e. The van der Waals surface area contributed by atoms with Crippen LogP contribution in [-0.2, 0) is 27.8 Å². The molecule has 3 aromatic carbocycles. The number of nitrogens with zero attached hydrogens (tertiary/aromatic N) is 2. The number of benzene rings is 3. The number of rotatable bonds is 8. The monoisotopic (exact) mass is 480 g/mol. The van der Waals surface area contributed by atoms with Gasteiger partial charge in [-0.3, -0.25) is 4.79 Å². The van der Waals surface area contributed by atoms with Crippen molar-refractivity contribution in [3.05, 3.63) is 95.6 Å². The van der Waals surface area contributed by atoms with Gasteiger partial charge in [-0.25, -0.2) is 8.42 Å². The van der Waals surface area contributed by atoms with Crippen molar-refractivity contribution in [2.24, 2.45) is 0 Å². The molecule has 0 atom stereocenters. The molecule has 0 N–H and O–H groups in total. The van der Waals surface area contributed by atoms with E-state index in [1.165, 1.54) is 17.5 Å². The van der Waals surface area contributed by atoms with Crippen LogP contribution in [0.3, 0.4) is 0 Å². The Hall–Kier alpha value is -3.20. The van der Waals surface area contributed by atoms with E-state index in [-0.39, 0.29) is 29.6 Å². The molecule has 0 aliphatic carbocycles. The van der Waals surface area contributed by atoms with E-state index in [9.17, 15) is 13.2 Å². The maximum Gasteiger partial charge on any atom is 0.254 e. The van der Waals surface area contributed by atoms with Crippen LogP contribution in [0, 0.1) is 0 Å². The number of carbonyl (C=O) groups is 1. The van der Waals surface area contributed by atoms with Crippen LogP contribution in [0.15, 0.2) is 83.8 Å². The van der Waals surface area contributed by atoms with Gasteiger partial charge in [-0.2, -0.15) is 4.31 Å². The molecule has 1 aliphatic heterocycles. The van der Waals surface area contributed by atoms with E-state index < -0.39 is 10.0 Å². The van der Waals surface area contributed by atoms with Crippen LogP contribution >= 0.6 is 0 Å². The number of amides is 1. The Morgan fingerprint density at radius 2 is 1.47 bits per heavy atom. The molecule has 178 valence electrons. The van der Waals surface area contributed by atoms with Crippen molar-refractivity contribution in [1.29, 1.82) is 0 Å². The fourth-order valence-corrected chi connectivity index (χ4v) is 5.50. The molecule has 8 heteroatoms. The van der Waals surface area contributed by atoms with Crippen LogP contribution in [0.25, 0.3) is 0 Å². The van der Waals surface area contributed by atoms with Gasteiger partial charge in [0.2, 0.25) is 10.0 Å². The third-order valence-corrected chi connectivity index (χ3v) is 7.54. The first-order chi connectivity index (χ1) is 16.5. The van der Waals surface area contributed by atoms with Gasteiger partial charge in [0.15, 0.2) is 0 Å².